The van der Waals surface area contributed by atoms with Crippen molar-refractivity contribution < 1.29 is 70.8 Å². The van der Waals surface area contributed by atoms with E-state index < -0.39 is 99.7 Å². The number of hydrogen-bond donors (Lipinski definition) is 5. The number of nitrogens with two attached hydrogens (primary N) is 2. The van der Waals surface area contributed by atoms with Gasteiger partial charge in [0.2, 0.25) is 5.91 Å². The normalized spacial score (nSPS) is 31.5. The third kappa shape index (κ3) is 8.88. The van der Waals surface area contributed by atoms with Gasteiger partial charge in [0.05, 0.1) is 32.4 Å². The number of rotatable bonds is 9. The molecule has 10 atom stereocenters. The van der Waals surface area contributed by atoms with E-state index in [0.29, 0.717) is 0 Å². The number of ether oxygens (including phenoxy) is 4. The summed E-state index contributed by atoms with van der Waals surface area (Å²) in [4.78, 5) is 88.1. The van der Waals surface area contributed by atoms with E-state index in [1.807, 2.05) is 0 Å². The van der Waals surface area contributed by atoms with Crippen molar-refractivity contribution in [3.8, 4) is 0 Å². The molecule has 27 nitrogen and oxygen atoms in total. The minimum absolute atomic E-state index is 0.00379. The van der Waals surface area contributed by atoms with Crippen LogP contribution in [0.15, 0.2) is 37.5 Å². The SMILES string of the molecule is CN(CCOC(=O)O[C@@H]1[C@@H]2OP(O)(=S)OC[C@H]3O[C@@H](n4cnc5c(N)ncnc54)[C@H](OP(=O)(S)OCC2O[C@H]1n1cnc2c(N)ncnc21)[C@@H]3O)C(=O)CCN1C(=O)C=CC1=O. The standard InChI is InChI=1S/C31H36N12O15P2S2/c1-40(16(44)4-5-41-17(45)2-3-18(41)46)6-7-51-31(48)56-24-22-15(55-30(24)43-13-39-20-26(33)35-11-37-28(20)43)9-53-60(50,62)58-23-21(47)14(8-52-59(49,61)57-22)54-29(23)42-12-38-19-25(32)34-10-36-27(19)42/h2-3,10-15,21-24,29-30,47H,4-9H2,1H3,(H,49,61)(H,50,62)(H2,32,34,36)(H2,33,35,37)/t14-,15?,21-,22-,23-,24-,29-,30-,59?,60?/m1/s1. The maximum atomic E-state index is 14.0. The number of aliphatic hydroxyl groups is 1. The van der Waals surface area contributed by atoms with Crippen LogP contribution in [0.25, 0.3) is 22.3 Å². The van der Waals surface area contributed by atoms with Crippen LogP contribution in [0, 0.1) is 0 Å². The Morgan fingerprint density at radius 3 is 2.16 bits per heavy atom. The van der Waals surface area contributed by atoms with Gasteiger partial charge in [-0.3, -0.25) is 42.0 Å². The largest absolute Gasteiger partial charge is 0.508 e. The average molecular weight is 943 g/mol. The van der Waals surface area contributed by atoms with Crippen LogP contribution in [0.1, 0.15) is 18.9 Å². The van der Waals surface area contributed by atoms with Crippen LogP contribution in [0.3, 0.4) is 0 Å². The van der Waals surface area contributed by atoms with E-state index >= 15 is 0 Å². The molecule has 3 amide bonds. The third-order valence-corrected chi connectivity index (χ3v) is 13.2. The van der Waals surface area contributed by atoms with Gasteiger partial charge in [-0.15, -0.1) is 0 Å². The molecule has 0 aliphatic carbocycles. The molecule has 4 aliphatic rings. The van der Waals surface area contributed by atoms with Gasteiger partial charge in [0.1, 0.15) is 60.8 Å². The van der Waals surface area contributed by atoms with Gasteiger partial charge in [-0.1, -0.05) is 12.2 Å². The lowest BCUT2D eigenvalue weighted by Gasteiger charge is -2.28. The fraction of sp³-hybridized carbons (Fsp3) is 0.484. The number of aliphatic hydroxyl groups excluding tert-OH is 1. The summed E-state index contributed by atoms with van der Waals surface area (Å²) in [5.41, 5.74) is 12.6. The predicted molar refractivity (Wildman–Crippen MR) is 212 cm³/mol. The Labute approximate surface area is 358 Å². The van der Waals surface area contributed by atoms with Crippen molar-refractivity contribution >= 4 is 95.4 Å². The lowest BCUT2D eigenvalue weighted by atomic mass is 10.1. The number of imide groups is 1. The summed E-state index contributed by atoms with van der Waals surface area (Å²) in [6.07, 6.45) is -6.06. The minimum Gasteiger partial charge on any atom is -0.432 e. The number of nitrogen functional groups attached to an aromatic ring is 2. The fourth-order valence-electron chi connectivity index (χ4n) is 6.91. The Kier molecular flexibility index (Phi) is 12.3. The Balaban J connectivity index is 1.02. The first-order valence-corrected chi connectivity index (χ1v) is 23.6. The topological polar surface area (TPSA) is 345 Å². The number of carbonyl (C=O) groups is 4. The van der Waals surface area contributed by atoms with Crippen LogP contribution in [0.4, 0.5) is 16.4 Å². The molecule has 0 aromatic carbocycles. The summed E-state index contributed by atoms with van der Waals surface area (Å²) in [5, 5.41) is 11.4. The number of amides is 3. The summed E-state index contributed by atoms with van der Waals surface area (Å²) in [5.74, 6) is -1.47. The van der Waals surface area contributed by atoms with Crippen molar-refractivity contribution in [2.75, 3.05) is 51.4 Å². The van der Waals surface area contributed by atoms with Crippen LogP contribution in [-0.2, 0) is 67.8 Å². The first-order valence-electron chi connectivity index (χ1n) is 18.3. The Bertz CT molecular complexity index is 2530. The first-order chi connectivity index (χ1) is 29.5. The van der Waals surface area contributed by atoms with E-state index in [4.69, 9.17) is 60.3 Å². The molecule has 332 valence electrons. The minimum atomic E-state index is -4.50. The molecule has 6 N–H and O–H groups in total. The number of nitrogens with zero attached hydrogens (tertiary/aromatic N) is 10. The van der Waals surface area contributed by atoms with Crippen LogP contribution in [-0.4, -0.2) is 159 Å². The molecule has 0 radical (unpaired) electrons. The van der Waals surface area contributed by atoms with E-state index in [1.165, 1.54) is 40.1 Å². The van der Waals surface area contributed by atoms with E-state index in [0.717, 1.165) is 23.4 Å². The Morgan fingerprint density at radius 2 is 1.52 bits per heavy atom. The molecule has 0 spiro atoms. The van der Waals surface area contributed by atoms with Crippen molar-refractivity contribution in [1.29, 1.82) is 0 Å². The predicted octanol–water partition coefficient (Wildman–Crippen LogP) is -0.646. The molecule has 8 heterocycles. The van der Waals surface area contributed by atoms with Gasteiger partial charge in [0.15, 0.2) is 41.5 Å². The van der Waals surface area contributed by atoms with Crippen molar-refractivity contribution in [1.82, 2.24) is 48.8 Å². The number of carbonyl (C=O) groups excluding carboxylic acids is 4. The van der Waals surface area contributed by atoms with Gasteiger partial charge in [-0.05, 0) is 11.8 Å². The Morgan fingerprint density at radius 1 is 0.919 bits per heavy atom. The number of likely N-dealkylation sites (N-methyl/N-ethyl adjacent to an activating group) is 1. The van der Waals surface area contributed by atoms with Crippen LogP contribution < -0.4 is 11.5 Å². The van der Waals surface area contributed by atoms with Gasteiger partial charge >= 0.3 is 19.7 Å². The van der Waals surface area contributed by atoms with Crippen LogP contribution in [0.2, 0.25) is 0 Å². The molecular formula is C31H36N12O15P2S2. The number of thiol groups is 1. The number of anilines is 2. The molecule has 4 aliphatic heterocycles. The summed E-state index contributed by atoms with van der Waals surface area (Å²) >= 11 is 9.56. The van der Waals surface area contributed by atoms with Crippen molar-refractivity contribution in [3.63, 3.8) is 0 Å². The fourth-order valence-corrected chi connectivity index (χ4v) is 9.81. The zero-order valence-electron chi connectivity index (χ0n) is 31.9. The van der Waals surface area contributed by atoms with Crippen LogP contribution in [0.5, 0.6) is 0 Å². The molecule has 0 saturated carbocycles. The second kappa shape index (κ2) is 17.4. The molecule has 4 aromatic rings. The van der Waals surface area contributed by atoms with E-state index in [2.05, 4.69) is 42.2 Å². The molecule has 3 fully saturated rings. The van der Waals surface area contributed by atoms with Gasteiger partial charge in [-0.2, -0.15) is 0 Å². The highest BCUT2D eigenvalue weighted by molar-refractivity contribution is 8.44. The molecule has 2 bridgehead atoms. The number of hydrogen-bond acceptors (Lipinski definition) is 23. The first kappa shape index (κ1) is 43.9. The lowest BCUT2D eigenvalue weighted by molar-refractivity contribution is -0.138. The van der Waals surface area contributed by atoms with Crippen molar-refractivity contribution in [3.05, 3.63) is 37.5 Å². The third-order valence-electron chi connectivity index (χ3n) is 9.99. The average Bonchev–Trinajstić information content (AvgIpc) is 4.04. The molecule has 31 heteroatoms. The molecule has 3 unspecified atom stereocenters. The van der Waals surface area contributed by atoms with Gasteiger partial charge in [0, 0.05) is 32.2 Å². The van der Waals surface area contributed by atoms with E-state index in [-0.39, 0.29) is 60.1 Å². The van der Waals surface area contributed by atoms with Crippen molar-refractivity contribution in [2.45, 2.75) is 55.5 Å². The number of aromatic nitrogens is 8. The Hall–Kier alpha value is -4.77. The number of imidazole rings is 2. The van der Waals surface area contributed by atoms with E-state index in [9.17, 15) is 33.7 Å². The van der Waals surface area contributed by atoms with Gasteiger partial charge in [-0.25, -0.2) is 39.3 Å². The monoisotopic (exact) mass is 942 g/mol. The highest BCUT2D eigenvalue weighted by Gasteiger charge is 2.55. The van der Waals surface area contributed by atoms with Gasteiger partial charge in [0.25, 0.3) is 11.8 Å². The maximum Gasteiger partial charge on any atom is 0.508 e. The molecule has 8 rings (SSSR count). The van der Waals surface area contributed by atoms with Gasteiger partial charge < -0.3 is 49.8 Å². The second-order valence-corrected chi connectivity index (χ2v) is 19.5. The summed E-state index contributed by atoms with van der Waals surface area (Å²) in [6.45, 7) is -10.9. The smallest absolute Gasteiger partial charge is 0.432 e. The highest BCUT2D eigenvalue weighted by atomic mass is 32.7. The zero-order chi connectivity index (χ0) is 44.1. The molecular weight excluding hydrogens is 906 g/mol. The zero-order valence-corrected chi connectivity index (χ0v) is 35.4. The number of fused-ring (bicyclic) bond motifs is 5. The summed E-state index contributed by atoms with van der Waals surface area (Å²) < 4.78 is 63.2. The van der Waals surface area contributed by atoms with E-state index in [1.54, 1.807) is 0 Å². The second-order valence-electron chi connectivity index (χ2n) is 13.9. The summed E-state index contributed by atoms with van der Waals surface area (Å²) in [7, 11) is 1.42. The molecule has 4 aromatic heterocycles. The van der Waals surface area contributed by atoms with Crippen LogP contribution >= 0.6 is 25.8 Å². The quantitative estimate of drug-likeness (QED) is 0.0602. The highest BCUT2D eigenvalue weighted by Crippen LogP contribution is 2.58. The summed E-state index contributed by atoms with van der Waals surface area (Å²) in [6, 6.07) is 0. The molecule has 62 heavy (non-hydrogen) atoms. The molecule has 3 saturated heterocycles. The lowest BCUT2D eigenvalue weighted by Crippen LogP contribution is -2.40. The maximum absolute atomic E-state index is 14.0. The van der Waals surface area contributed by atoms with Crippen molar-refractivity contribution in [2.24, 2.45) is 0 Å².